The van der Waals surface area contributed by atoms with Gasteiger partial charge in [0.15, 0.2) is 0 Å². The molecule has 1 rings (SSSR count). The second-order valence-corrected chi connectivity index (χ2v) is 3.86. The van der Waals surface area contributed by atoms with Gasteiger partial charge in [0.2, 0.25) is 5.91 Å². The van der Waals surface area contributed by atoms with Gasteiger partial charge in [-0.25, -0.2) is 0 Å². The van der Waals surface area contributed by atoms with Crippen LogP contribution in [0.1, 0.15) is 32.4 Å². The first-order valence-corrected chi connectivity index (χ1v) is 5.73. The van der Waals surface area contributed by atoms with Crippen molar-refractivity contribution in [3.05, 3.63) is 24.2 Å². The Morgan fingerprint density at radius 1 is 1.56 bits per heavy atom. The van der Waals surface area contributed by atoms with Gasteiger partial charge in [-0.3, -0.25) is 4.79 Å². The van der Waals surface area contributed by atoms with Crippen LogP contribution in [0, 0.1) is 0 Å². The third kappa shape index (κ3) is 3.70. The van der Waals surface area contributed by atoms with Crippen molar-refractivity contribution < 1.29 is 9.21 Å². The predicted molar refractivity (Wildman–Crippen MR) is 62.7 cm³/mol. The Hall–Kier alpha value is -1.29. The minimum atomic E-state index is -0.0434. The average Bonchev–Trinajstić information content (AvgIpc) is 2.78. The molecule has 4 nitrogen and oxygen atoms in total. The van der Waals surface area contributed by atoms with E-state index in [-0.39, 0.29) is 11.9 Å². The van der Waals surface area contributed by atoms with Crippen LogP contribution in [-0.4, -0.2) is 23.4 Å². The Balaban J connectivity index is 2.50. The molecule has 0 aliphatic heterocycles. The number of furan rings is 1. The van der Waals surface area contributed by atoms with Crippen LogP contribution < -0.4 is 5.73 Å². The predicted octanol–water partition coefficient (Wildman–Crippen LogP) is 1.76. The zero-order chi connectivity index (χ0) is 12.0. The molecular formula is C12H20N2O2. The van der Waals surface area contributed by atoms with E-state index >= 15 is 0 Å². The fourth-order valence-corrected chi connectivity index (χ4v) is 1.46. The van der Waals surface area contributed by atoms with Crippen LogP contribution in [0.4, 0.5) is 0 Å². The van der Waals surface area contributed by atoms with Gasteiger partial charge < -0.3 is 15.1 Å². The van der Waals surface area contributed by atoms with Crippen LogP contribution in [-0.2, 0) is 11.3 Å². The van der Waals surface area contributed by atoms with Gasteiger partial charge in [-0.05, 0) is 25.5 Å². The van der Waals surface area contributed by atoms with Gasteiger partial charge in [-0.2, -0.15) is 0 Å². The highest BCUT2D eigenvalue weighted by atomic mass is 16.3. The highest BCUT2D eigenvalue weighted by Crippen LogP contribution is 2.08. The minimum absolute atomic E-state index is 0.0434. The molecule has 90 valence electrons. The Labute approximate surface area is 96.4 Å². The molecule has 2 N–H and O–H groups in total. The zero-order valence-electron chi connectivity index (χ0n) is 9.98. The summed E-state index contributed by atoms with van der Waals surface area (Å²) < 4.78 is 5.22. The Bertz CT molecular complexity index is 309. The highest BCUT2D eigenvalue weighted by Gasteiger charge is 2.15. The molecule has 0 aliphatic rings. The number of nitrogens with two attached hydrogens (primary N) is 1. The van der Waals surface area contributed by atoms with E-state index in [0.717, 1.165) is 12.2 Å². The second-order valence-electron chi connectivity index (χ2n) is 3.86. The highest BCUT2D eigenvalue weighted by molar-refractivity contribution is 5.76. The molecule has 0 aliphatic carbocycles. The van der Waals surface area contributed by atoms with E-state index in [4.69, 9.17) is 10.2 Å². The molecule has 0 saturated heterocycles. The normalized spacial score (nSPS) is 12.4. The van der Waals surface area contributed by atoms with Crippen LogP contribution >= 0.6 is 0 Å². The molecule has 16 heavy (non-hydrogen) atoms. The van der Waals surface area contributed by atoms with Crippen LogP contribution in [0.5, 0.6) is 0 Å². The van der Waals surface area contributed by atoms with Crippen molar-refractivity contribution in [2.24, 2.45) is 5.73 Å². The topological polar surface area (TPSA) is 59.5 Å². The molecule has 0 saturated carbocycles. The maximum Gasteiger partial charge on any atom is 0.224 e. The summed E-state index contributed by atoms with van der Waals surface area (Å²) >= 11 is 0. The van der Waals surface area contributed by atoms with Crippen molar-refractivity contribution in [2.75, 3.05) is 6.54 Å². The summed E-state index contributed by atoms with van der Waals surface area (Å²) in [6, 6.07) is 3.65. The van der Waals surface area contributed by atoms with Crippen molar-refractivity contribution in [3.63, 3.8) is 0 Å². The molecule has 0 bridgehead atoms. The van der Waals surface area contributed by atoms with Crippen LogP contribution in [0.3, 0.4) is 0 Å². The lowest BCUT2D eigenvalue weighted by molar-refractivity contribution is -0.132. The number of amides is 1. The van der Waals surface area contributed by atoms with E-state index in [1.54, 1.807) is 11.2 Å². The molecule has 1 aromatic heterocycles. The van der Waals surface area contributed by atoms with E-state index in [1.165, 1.54) is 0 Å². The maximum absolute atomic E-state index is 11.9. The molecule has 4 heteroatoms. The smallest absolute Gasteiger partial charge is 0.224 e. The minimum Gasteiger partial charge on any atom is -0.467 e. The molecular weight excluding hydrogens is 204 g/mol. The number of hydrogen-bond donors (Lipinski definition) is 1. The first-order chi connectivity index (χ1) is 7.67. The van der Waals surface area contributed by atoms with E-state index in [2.05, 4.69) is 0 Å². The molecule has 0 radical (unpaired) electrons. The zero-order valence-corrected chi connectivity index (χ0v) is 9.98. The van der Waals surface area contributed by atoms with Crippen molar-refractivity contribution >= 4 is 5.91 Å². The largest absolute Gasteiger partial charge is 0.467 e. The van der Waals surface area contributed by atoms with Crippen LogP contribution in [0.15, 0.2) is 22.8 Å². The number of carbonyl (C=O) groups is 1. The summed E-state index contributed by atoms with van der Waals surface area (Å²) in [5.41, 5.74) is 5.77. The molecule has 0 spiro atoms. The van der Waals surface area contributed by atoms with Crippen LogP contribution in [0.25, 0.3) is 0 Å². The summed E-state index contributed by atoms with van der Waals surface area (Å²) in [6.45, 7) is 5.15. The van der Waals surface area contributed by atoms with Crippen molar-refractivity contribution in [1.29, 1.82) is 0 Å². The Morgan fingerprint density at radius 2 is 2.31 bits per heavy atom. The van der Waals surface area contributed by atoms with E-state index in [0.29, 0.717) is 19.5 Å². The molecule has 1 amide bonds. The third-order valence-electron chi connectivity index (χ3n) is 2.62. The van der Waals surface area contributed by atoms with E-state index in [1.807, 2.05) is 26.0 Å². The van der Waals surface area contributed by atoms with E-state index < -0.39 is 0 Å². The Kier molecular flexibility index (Phi) is 5.05. The monoisotopic (exact) mass is 224 g/mol. The average molecular weight is 224 g/mol. The summed E-state index contributed by atoms with van der Waals surface area (Å²) in [7, 11) is 0. The van der Waals surface area contributed by atoms with Gasteiger partial charge in [0.05, 0.1) is 12.8 Å². The number of hydrogen-bond acceptors (Lipinski definition) is 3. The Morgan fingerprint density at radius 3 is 2.81 bits per heavy atom. The number of rotatable bonds is 6. The van der Waals surface area contributed by atoms with Gasteiger partial charge in [0.25, 0.3) is 0 Å². The molecule has 1 atom stereocenters. The lowest BCUT2D eigenvalue weighted by Crippen LogP contribution is -2.35. The molecule has 0 aromatic carbocycles. The van der Waals surface area contributed by atoms with Gasteiger partial charge in [0.1, 0.15) is 5.76 Å². The van der Waals surface area contributed by atoms with Crippen molar-refractivity contribution in [3.8, 4) is 0 Å². The lowest BCUT2D eigenvalue weighted by atomic mass is 10.1. The molecule has 0 fully saturated rings. The van der Waals surface area contributed by atoms with Crippen molar-refractivity contribution in [1.82, 2.24) is 4.90 Å². The molecule has 1 aromatic rings. The maximum atomic E-state index is 11.9. The van der Waals surface area contributed by atoms with Gasteiger partial charge in [-0.15, -0.1) is 0 Å². The quantitative estimate of drug-likeness (QED) is 0.801. The summed E-state index contributed by atoms with van der Waals surface area (Å²) in [6.07, 6.45) is 2.85. The first kappa shape index (κ1) is 12.8. The number of nitrogens with zero attached hydrogens (tertiary/aromatic N) is 1. The second kappa shape index (κ2) is 6.33. The van der Waals surface area contributed by atoms with Crippen molar-refractivity contribution in [2.45, 2.75) is 39.3 Å². The van der Waals surface area contributed by atoms with Gasteiger partial charge >= 0.3 is 0 Å². The van der Waals surface area contributed by atoms with Crippen LogP contribution in [0.2, 0.25) is 0 Å². The number of carbonyl (C=O) groups excluding carboxylic acids is 1. The summed E-state index contributed by atoms with van der Waals surface area (Å²) in [5, 5.41) is 0. The standard InChI is InChI=1S/C12H20N2O2/c1-3-10(13)8-12(15)14(4-2)9-11-6-5-7-16-11/h5-7,10H,3-4,8-9,13H2,1-2H3. The lowest BCUT2D eigenvalue weighted by Gasteiger charge is -2.21. The van der Waals surface area contributed by atoms with Gasteiger partial charge in [0, 0.05) is 19.0 Å². The molecule has 1 unspecified atom stereocenters. The summed E-state index contributed by atoms with van der Waals surface area (Å²) in [5.74, 6) is 0.897. The fourth-order valence-electron chi connectivity index (χ4n) is 1.46. The fraction of sp³-hybridized carbons (Fsp3) is 0.583. The van der Waals surface area contributed by atoms with Gasteiger partial charge in [-0.1, -0.05) is 6.92 Å². The first-order valence-electron chi connectivity index (χ1n) is 5.73. The SMILES string of the molecule is CCC(N)CC(=O)N(CC)Cc1ccco1. The molecule has 1 heterocycles. The summed E-state index contributed by atoms with van der Waals surface area (Å²) in [4.78, 5) is 13.6. The third-order valence-corrected chi connectivity index (χ3v) is 2.62. The van der Waals surface area contributed by atoms with E-state index in [9.17, 15) is 4.79 Å².